The lowest BCUT2D eigenvalue weighted by molar-refractivity contribution is -0.116. The molecule has 1 amide bonds. The molecule has 2 N–H and O–H groups in total. The molecule has 0 radical (unpaired) electrons. The van der Waals surface area contributed by atoms with Crippen LogP contribution < -0.4 is 5.32 Å². The highest BCUT2D eigenvalue weighted by Gasteiger charge is 2.10. The van der Waals surface area contributed by atoms with Gasteiger partial charge in [0.25, 0.3) is 0 Å². The summed E-state index contributed by atoms with van der Waals surface area (Å²) < 4.78 is 2.43. The zero-order valence-electron chi connectivity index (χ0n) is 14.9. The average molecular weight is 392 g/mol. The van der Waals surface area contributed by atoms with Crippen LogP contribution in [0.1, 0.15) is 16.1 Å². The number of amides is 1. The first-order valence-electron chi connectivity index (χ1n) is 8.52. The van der Waals surface area contributed by atoms with E-state index >= 15 is 0 Å². The summed E-state index contributed by atoms with van der Waals surface area (Å²) in [5.74, 6) is -1.41. The number of fused-ring (bicyclic) bond motifs is 1. The molecule has 28 heavy (non-hydrogen) atoms. The van der Waals surface area contributed by atoms with E-state index in [-0.39, 0.29) is 18.1 Å². The Balaban J connectivity index is 1.44. The third kappa shape index (κ3) is 3.77. The SMILES string of the molecule is Cc1ccc2nc(-c3ccc(NC(=O)Cn4ccc(C(=O)O)n4)cc3)sc2c1. The minimum Gasteiger partial charge on any atom is -0.476 e. The number of nitrogens with zero attached hydrogens (tertiary/aromatic N) is 3. The van der Waals surface area contributed by atoms with Crippen molar-refractivity contribution in [1.29, 1.82) is 0 Å². The molecule has 2 aromatic heterocycles. The molecule has 0 unspecified atom stereocenters. The summed E-state index contributed by atoms with van der Waals surface area (Å²) in [4.78, 5) is 27.6. The molecular formula is C20H16N4O3S. The van der Waals surface area contributed by atoms with Crippen molar-refractivity contribution in [1.82, 2.24) is 14.8 Å². The van der Waals surface area contributed by atoms with Gasteiger partial charge in [-0.05, 0) is 55.0 Å². The van der Waals surface area contributed by atoms with Crippen molar-refractivity contribution in [2.45, 2.75) is 13.5 Å². The summed E-state index contributed by atoms with van der Waals surface area (Å²) in [6.07, 6.45) is 1.46. The lowest BCUT2D eigenvalue weighted by Crippen LogP contribution is -2.19. The van der Waals surface area contributed by atoms with E-state index in [1.54, 1.807) is 11.3 Å². The highest BCUT2D eigenvalue weighted by Crippen LogP contribution is 2.31. The van der Waals surface area contributed by atoms with Crippen LogP contribution in [0.15, 0.2) is 54.7 Å². The molecule has 0 aliphatic carbocycles. The third-order valence-corrected chi connectivity index (χ3v) is 5.19. The first kappa shape index (κ1) is 17.9. The lowest BCUT2D eigenvalue weighted by Gasteiger charge is -2.06. The average Bonchev–Trinajstić information content (AvgIpc) is 3.29. The van der Waals surface area contributed by atoms with E-state index in [4.69, 9.17) is 5.11 Å². The lowest BCUT2D eigenvalue weighted by atomic mass is 10.2. The van der Waals surface area contributed by atoms with E-state index in [2.05, 4.69) is 28.4 Å². The van der Waals surface area contributed by atoms with Crippen LogP contribution in [0, 0.1) is 6.92 Å². The molecular weight excluding hydrogens is 376 g/mol. The standard InChI is InChI=1S/C20H16N4O3S/c1-12-2-7-15-17(10-12)28-19(22-15)13-3-5-14(6-4-13)21-18(25)11-24-9-8-16(23-24)20(26)27/h2-10H,11H2,1H3,(H,21,25)(H,26,27). The molecule has 140 valence electrons. The van der Waals surface area contributed by atoms with Crippen LogP contribution in [-0.2, 0) is 11.3 Å². The number of carboxylic acid groups (broad SMARTS) is 1. The van der Waals surface area contributed by atoms with Gasteiger partial charge in [0.2, 0.25) is 5.91 Å². The predicted molar refractivity (Wildman–Crippen MR) is 108 cm³/mol. The van der Waals surface area contributed by atoms with E-state index in [1.807, 2.05) is 36.4 Å². The largest absolute Gasteiger partial charge is 0.476 e. The van der Waals surface area contributed by atoms with Gasteiger partial charge in [0.05, 0.1) is 10.2 Å². The number of hydrogen-bond donors (Lipinski definition) is 2. The van der Waals surface area contributed by atoms with Crippen molar-refractivity contribution >= 4 is 39.1 Å². The van der Waals surface area contributed by atoms with Crippen molar-refractivity contribution in [3.8, 4) is 10.6 Å². The van der Waals surface area contributed by atoms with Gasteiger partial charge < -0.3 is 10.4 Å². The van der Waals surface area contributed by atoms with E-state index in [0.29, 0.717) is 5.69 Å². The minimum atomic E-state index is -1.13. The Kier molecular flexibility index (Phi) is 4.62. The second kappa shape index (κ2) is 7.24. The maximum absolute atomic E-state index is 12.1. The zero-order valence-corrected chi connectivity index (χ0v) is 15.7. The molecule has 0 atom stereocenters. The fourth-order valence-corrected chi connectivity index (χ4v) is 3.83. The second-order valence-electron chi connectivity index (χ2n) is 6.32. The van der Waals surface area contributed by atoms with Gasteiger partial charge in [-0.25, -0.2) is 9.78 Å². The van der Waals surface area contributed by atoms with Crippen LogP contribution in [-0.4, -0.2) is 31.7 Å². The molecule has 2 heterocycles. The fraction of sp³-hybridized carbons (Fsp3) is 0.100. The molecule has 0 spiro atoms. The van der Waals surface area contributed by atoms with E-state index < -0.39 is 5.97 Å². The number of thiazole rings is 1. The number of anilines is 1. The minimum absolute atomic E-state index is 0.0632. The van der Waals surface area contributed by atoms with Gasteiger partial charge in [-0.15, -0.1) is 11.3 Å². The predicted octanol–water partition coefficient (Wildman–Crippen LogP) is 3.81. The number of carboxylic acids is 1. The third-order valence-electron chi connectivity index (χ3n) is 4.12. The number of hydrogen-bond acceptors (Lipinski definition) is 5. The number of rotatable bonds is 5. The number of benzene rings is 2. The Labute approximate surface area is 164 Å². The maximum atomic E-state index is 12.1. The van der Waals surface area contributed by atoms with Gasteiger partial charge in [-0.1, -0.05) is 6.07 Å². The number of carbonyl (C=O) groups is 2. The molecule has 0 fully saturated rings. The summed E-state index contributed by atoms with van der Waals surface area (Å²) in [5, 5.41) is 16.4. The van der Waals surface area contributed by atoms with Crippen LogP contribution in [0.4, 0.5) is 5.69 Å². The smallest absolute Gasteiger partial charge is 0.356 e. The van der Waals surface area contributed by atoms with Crippen LogP contribution in [0.3, 0.4) is 0 Å². The molecule has 0 saturated carbocycles. The number of aryl methyl sites for hydroxylation is 1. The molecule has 8 heteroatoms. The molecule has 7 nitrogen and oxygen atoms in total. The molecule has 4 rings (SSSR count). The summed E-state index contributed by atoms with van der Waals surface area (Å²) in [7, 11) is 0. The summed E-state index contributed by atoms with van der Waals surface area (Å²) in [5.41, 5.74) is 3.71. The molecule has 0 saturated heterocycles. The van der Waals surface area contributed by atoms with Gasteiger partial charge in [-0.2, -0.15) is 5.10 Å². The molecule has 2 aromatic carbocycles. The zero-order chi connectivity index (χ0) is 19.7. The number of carbonyl (C=O) groups excluding carboxylic acids is 1. The number of nitrogens with one attached hydrogen (secondary N) is 1. The highest BCUT2D eigenvalue weighted by atomic mass is 32.1. The van der Waals surface area contributed by atoms with Crippen molar-refractivity contribution < 1.29 is 14.7 Å². The molecule has 0 bridgehead atoms. The van der Waals surface area contributed by atoms with Gasteiger partial charge in [0.1, 0.15) is 11.6 Å². The van der Waals surface area contributed by atoms with Crippen molar-refractivity contribution in [2.75, 3.05) is 5.32 Å². The Bertz CT molecular complexity index is 1180. The number of aromatic carboxylic acids is 1. The first-order chi connectivity index (χ1) is 13.5. The van der Waals surface area contributed by atoms with Gasteiger partial charge in [0.15, 0.2) is 5.69 Å². The van der Waals surface area contributed by atoms with Gasteiger partial charge >= 0.3 is 5.97 Å². The van der Waals surface area contributed by atoms with Crippen LogP contribution >= 0.6 is 11.3 Å². The molecule has 0 aliphatic heterocycles. The topological polar surface area (TPSA) is 97.1 Å². The Morgan fingerprint density at radius 2 is 1.93 bits per heavy atom. The van der Waals surface area contributed by atoms with Crippen LogP contribution in [0.2, 0.25) is 0 Å². The Hall–Kier alpha value is -3.52. The van der Waals surface area contributed by atoms with Gasteiger partial charge in [-0.3, -0.25) is 9.48 Å². The first-order valence-corrected chi connectivity index (χ1v) is 9.34. The van der Waals surface area contributed by atoms with E-state index in [1.165, 1.54) is 22.5 Å². The normalized spacial score (nSPS) is 10.9. The summed E-state index contributed by atoms with van der Waals surface area (Å²) in [6, 6.07) is 15.0. The van der Waals surface area contributed by atoms with E-state index in [0.717, 1.165) is 20.8 Å². The van der Waals surface area contributed by atoms with E-state index in [9.17, 15) is 9.59 Å². The highest BCUT2D eigenvalue weighted by molar-refractivity contribution is 7.21. The van der Waals surface area contributed by atoms with Crippen LogP contribution in [0.5, 0.6) is 0 Å². The molecule has 0 aliphatic rings. The van der Waals surface area contributed by atoms with Crippen molar-refractivity contribution in [3.05, 3.63) is 66.0 Å². The molecule has 4 aromatic rings. The van der Waals surface area contributed by atoms with Gasteiger partial charge in [0, 0.05) is 17.4 Å². The quantitative estimate of drug-likeness (QED) is 0.538. The second-order valence-corrected chi connectivity index (χ2v) is 7.35. The maximum Gasteiger partial charge on any atom is 0.356 e. The summed E-state index contributed by atoms with van der Waals surface area (Å²) >= 11 is 1.63. The summed E-state index contributed by atoms with van der Waals surface area (Å²) in [6.45, 7) is 1.99. The monoisotopic (exact) mass is 392 g/mol. The Morgan fingerprint density at radius 3 is 2.64 bits per heavy atom. The van der Waals surface area contributed by atoms with Crippen LogP contribution in [0.25, 0.3) is 20.8 Å². The van der Waals surface area contributed by atoms with Crippen molar-refractivity contribution in [3.63, 3.8) is 0 Å². The fourth-order valence-electron chi connectivity index (χ4n) is 2.76. The number of aromatic nitrogens is 3. The Morgan fingerprint density at radius 1 is 1.14 bits per heavy atom. The van der Waals surface area contributed by atoms with Crippen molar-refractivity contribution in [2.24, 2.45) is 0 Å².